The number of fused-ring (bicyclic) bond motifs is 1. The quantitative estimate of drug-likeness (QED) is 0.866. The van der Waals surface area contributed by atoms with Crippen molar-refractivity contribution in [2.75, 3.05) is 23.9 Å². The first-order chi connectivity index (χ1) is 12.6. The van der Waals surface area contributed by atoms with E-state index in [9.17, 15) is 9.59 Å². The summed E-state index contributed by atoms with van der Waals surface area (Å²) >= 11 is 0. The number of urea groups is 1. The molecule has 3 rings (SSSR count). The van der Waals surface area contributed by atoms with Gasteiger partial charge in [-0.3, -0.25) is 4.79 Å². The van der Waals surface area contributed by atoms with E-state index in [2.05, 4.69) is 16.7 Å². The van der Waals surface area contributed by atoms with E-state index in [0.29, 0.717) is 18.7 Å². The van der Waals surface area contributed by atoms with Crippen LogP contribution in [0.15, 0.2) is 42.5 Å². The predicted octanol–water partition coefficient (Wildman–Crippen LogP) is 3.32. The SMILES string of the molecule is CCC(=O)N1CCc2cc(CNC(=O)Nc3ccc(OC)cc3)ccc21. The number of hydrogen-bond acceptors (Lipinski definition) is 3. The van der Waals surface area contributed by atoms with Gasteiger partial charge in [-0.05, 0) is 47.9 Å². The molecule has 0 fully saturated rings. The summed E-state index contributed by atoms with van der Waals surface area (Å²) in [4.78, 5) is 25.8. The van der Waals surface area contributed by atoms with E-state index in [4.69, 9.17) is 4.74 Å². The summed E-state index contributed by atoms with van der Waals surface area (Å²) in [6.07, 6.45) is 1.36. The fraction of sp³-hybridized carbons (Fsp3) is 0.300. The molecule has 3 amide bonds. The van der Waals surface area contributed by atoms with Crippen LogP contribution in [0.25, 0.3) is 0 Å². The van der Waals surface area contributed by atoms with Gasteiger partial charge in [-0.25, -0.2) is 4.79 Å². The van der Waals surface area contributed by atoms with Crippen LogP contribution in [0, 0.1) is 0 Å². The summed E-state index contributed by atoms with van der Waals surface area (Å²) < 4.78 is 5.09. The molecule has 6 nitrogen and oxygen atoms in total. The zero-order chi connectivity index (χ0) is 18.5. The van der Waals surface area contributed by atoms with Gasteiger partial charge in [0.05, 0.1) is 7.11 Å². The minimum atomic E-state index is -0.265. The van der Waals surface area contributed by atoms with Gasteiger partial charge < -0.3 is 20.3 Å². The second-order valence-electron chi connectivity index (χ2n) is 6.15. The lowest BCUT2D eigenvalue weighted by molar-refractivity contribution is -0.118. The van der Waals surface area contributed by atoms with Gasteiger partial charge in [-0.2, -0.15) is 0 Å². The highest BCUT2D eigenvalue weighted by atomic mass is 16.5. The zero-order valence-electron chi connectivity index (χ0n) is 15.0. The van der Waals surface area contributed by atoms with Crippen molar-refractivity contribution in [1.82, 2.24) is 5.32 Å². The highest BCUT2D eigenvalue weighted by molar-refractivity contribution is 5.95. The van der Waals surface area contributed by atoms with E-state index in [0.717, 1.165) is 35.5 Å². The fourth-order valence-electron chi connectivity index (χ4n) is 3.05. The van der Waals surface area contributed by atoms with E-state index in [1.165, 1.54) is 0 Å². The Labute approximate surface area is 153 Å². The minimum Gasteiger partial charge on any atom is -0.497 e. The van der Waals surface area contributed by atoms with Crippen LogP contribution in [0.5, 0.6) is 5.75 Å². The average molecular weight is 353 g/mol. The third-order valence-corrected chi connectivity index (χ3v) is 4.44. The molecule has 0 saturated carbocycles. The van der Waals surface area contributed by atoms with Crippen LogP contribution in [0.2, 0.25) is 0 Å². The van der Waals surface area contributed by atoms with Gasteiger partial charge >= 0.3 is 6.03 Å². The van der Waals surface area contributed by atoms with E-state index in [1.807, 2.05) is 24.0 Å². The van der Waals surface area contributed by atoms with Crippen molar-refractivity contribution in [2.24, 2.45) is 0 Å². The smallest absolute Gasteiger partial charge is 0.319 e. The molecule has 26 heavy (non-hydrogen) atoms. The molecule has 2 aromatic carbocycles. The molecule has 136 valence electrons. The van der Waals surface area contributed by atoms with E-state index in [-0.39, 0.29) is 11.9 Å². The molecular formula is C20H23N3O3. The Morgan fingerprint density at radius 2 is 1.92 bits per heavy atom. The van der Waals surface area contributed by atoms with Crippen LogP contribution in [0.1, 0.15) is 24.5 Å². The maximum atomic E-state index is 12.0. The topological polar surface area (TPSA) is 70.7 Å². The number of carbonyl (C=O) groups excluding carboxylic acids is 2. The maximum absolute atomic E-state index is 12.0. The number of methoxy groups -OCH3 is 1. The molecular weight excluding hydrogens is 330 g/mol. The number of amides is 3. The van der Waals surface area contributed by atoms with E-state index in [1.54, 1.807) is 31.4 Å². The maximum Gasteiger partial charge on any atom is 0.319 e. The number of rotatable bonds is 5. The Bertz CT molecular complexity index is 802. The fourth-order valence-corrected chi connectivity index (χ4v) is 3.05. The predicted molar refractivity (Wildman–Crippen MR) is 102 cm³/mol. The Balaban J connectivity index is 1.56. The van der Waals surface area contributed by atoms with Gasteiger partial charge in [0.15, 0.2) is 0 Å². The summed E-state index contributed by atoms with van der Waals surface area (Å²) in [6.45, 7) is 3.04. The van der Waals surface area contributed by atoms with E-state index < -0.39 is 0 Å². The Hall–Kier alpha value is -3.02. The first kappa shape index (κ1) is 17.8. The highest BCUT2D eigenvalue weighted by Crippen LogP contribution is 2.29. The standard InChI is InChI=1S/C20H23N3O3/c1-3-19(24)23-11-10-15-12-14(4-9-18(15)23)13-21-20(25)22-16-5-7-17(26-2)8-6-16/h4-9,12H,3,10-11,13H2,1-2H3,(H2,21,22,25). The van der Waals surface area contributed by atoms with Gasteiger partial charge in [-0.15, -0.1) is 0 Å². The van der Waals surface area contributed by atoms with E-state index >= 15 is 0 Å². The van der Waals surface area contributed by atoms with Crippen LogP contribution < -0.4 is 20.3 Å². The minimum absolute atomic E-state index is 0.147. The van der Waals surface area contributed by atoms with Crippen molar-refractivity contribution in [2.45, 2.75) is 26.3 Å². The van der Waals surface area contributed by atoms with Crippen LogP contribution in [0.3, 0.4) is 0 Å². The molecule has 2 N–H and O–H groups in total. The molecule has 1 aliphatic rings. The molecule has 1 heterocycles. The number of nitrogens with one attached hydrogen (secondary N) is 2. The molecule has 0 radical (unpaired) electrons. The van der Waals surface area contributed by atoms with Crippen molar-refractivity contribution >= 4 is 23.3 Å². The van der Waals surface area contributed by atoms with Gasteiger partial charge in [0.25, 0.3) is 0 Å². The number of hydrogen-bond donors (Lipinski definition) is 2. The lowest BCUT2D eigenvalue weighted by Gasteiger charge is -2.16. The number of benzene rings is 2. The number of carbonyl (C=O) groups is 2. The summed E-state index contributed by atoms with van der Waals surface area (Å²) in [5, 5.41) is 5.64. The van der Waals surface area contributed by atoms with Crippen LogP contribution in [-0.4, -0.2) is 25.6 Å². The molecule has 0 atom stereocenters. The van der Waals surface area contributed by atoms with Gasteiger partial charge in [0.1, 0.15) is 5.75 Å². The highest BCUT2D eigenvalue weighted by Gasteiger charge is 2.23. The molecule has 0 aliphatic carbocycles. The molecule has 0 saturated heterocycles. The normalized spacial score (nSPS) is 12.5. The Kier molecular flexibility index (Phi) is 5.41. The Morgan fingerprint density at radius 3 is 2.62 bits per heavy atom. The lowest BCUT2D eigenvalue weighted by atomic mass is 10.1. The molecule has 0 unspecified atom stereocenters. The first-order valence-corrected chi connectivity index (χ1v) is 8.71. The largest absolute Gasteiger partial charge is 0.497 e. The van der Waals surface area contributed by atoms with Crippen molar-refractivity contribution in [3.63, 3.8) is 0 Å². The molecule has 6 heteroatoms. The van der Waals surface area contributed by atoms with Crippen molar-refractivity contribution < 1.29 is 14.3 Å². The molecule has 0 bridgehead atoms. The second-order valence-corrected chi connectivity index (χ2v) is 6.15. The number of ether oxygens (including phenoxy) is 1. The summed E-state index contributed by atoms with van der Waals surface area (Å²) in [5.41, 5.74) is 3.86. The molecule has 1 aliphatic heterocycles. The van der Waals surface area contributed by atoms with Crippen molar-refractivity contribution in [1.29, 1.82) is 0 Å². The molecule has 0 aromatic heterocycles. The zero-order valence-corrected chi connectivity index (χ0v) is 15.0. The summed E-state index contributed by atoms with van der Waals surface area (Å²) in [6, 6.07) is 12.9. The van der Waals surface area contributed by atoms with Gasteiger partial charge in [0, 0.05) is 30.9 Å². The number of anilines is 2. The van der Waals surface area contributed by atoms with Crippen LogP contribution in [-0.2, 0) is 17.8 Å². The summed E-state index contributed by atoms with van der Waals surface area (Å²) in [5.74, 6) is 0.887. The molecule has 2 aromatic rings. The lowest BCUT2D eigenvalue weighted by Crippen LogP contribution is -2.28. The number of nitrogens with zero attached hydrogens (tertiary/aromatic N) is 1. The van der Waals surface area contributed by atoms with Gasteiger partial charge in [0.2, 0.25) is 5.91 Å². The molecule has 0 spiro atoms. The Morgan fingerprint density at radius 1 is 1.15 bits per heavy atom. The third kappa shape index (κ3) is 3.96. The van der Waals surface area contributed by atoms with Crippen molar-refractivity contribution in [3.8, 4) is 5.75 Å². The van der Waals surface area contributed by atoms with Gasteiger partial charge in [-0.1, -0.05) is 19.1 Å². The monoisotopic (exact) mass is 353 g/mol. The van der Waals surface area contributed by atoms with Crippen LogP contribution >= 0.6 is 0 Å². The second kappa shape index (κ2) is 7.91. The third-order valence-electron chi connectivity index (χ3n) is 4.44. The average Bonchev–Trinajstić information content (AvgIpc) is 3.09. The summed E-state index contributed by atoms with van der Waals surface area (Å²) in [7, 11) is 1.60. The van der Waals surface area contributed by atoms with Crippen LogP contribution in [0.4, 0.5) is 16.2 Å². The van der Waals surface area contributed by atoms with Crippen molar-refractivity contribution in [3.05, 3.63) is 53.6 Å². The first-order valence-electron chi connectivity index (χ1n) is 8.71.